The second kappa shape index (κ2) is 12.5. The highest BCUT2D eigenvalue weighted by Gasteiger charge is 2.05. The van der Waals surface area contributed by atoms with Crippen LogP contribution in [0, 0.1) is 0 Å². The Bertz CT molecular complexity index is 629. The van der Waals surface area contributed by atoms with Crippen LogP contribution < -0.4 is 10.6 Å². The van der Waals surface area contributed by atoms with E-state index in [4.69, 9.17) is 0 Å². The largest absolute Gasteiger partial charge is 0.357 e. The number of thioether (sulfide) groups is 1. The van der Waals surface area contributed by atoms with Gasteiger partial charge in [0.05, 0.1) is 17.2 Å². The van der Waals surface area contributed by atoms with Gasteiger partial charge in [0, 0.05) is 35.0 Å². The van der Waals surface area contributed by atoms with Gasteiger partial charge >= 0.3 is 0 Å². The molecule has 0 saturated heterocycles. The Labute approximate surface area is 176 Å². The van der Waals surface area contributed by atoms with E-state index in [-0.39, 0.29) is 24.0 Å². The Morgan fingerprint density at radius 3 is 2.64 bits per heavy atom. The number of thiazole rings is 1. The van der Waals surface area contributed by atoms with Crippen LogP contribution in [0.15, 0.2) is 45.6 Å². The van der Waals surface area contributed by atoms with Crippen molar-refractivity contribution in [2.45, 2.75) is 38.1 Å². The van der Waals surface area contributed by atoms with Crippen molar-refractivity contribution in [2.24, 2.45) is 4.99 Å². The van der Waals surface area contributed by atoms with E-state index in [2.05, 4.69) is 71.0 Å². The van der Waals surface area contributed by atoms with Gasteiger partial charge in [0.1, 0.15) is 0 Å². The number of benzene rings is 1. The normalized spacial score (nSPS) is 11.3. The zero-order chi connectivity index (χ0) is 17.2. The van der Waals surface area contributed by atoms with Crippen LogP contribution in [-0.4, -0.2) is 29.8 Å². The van der Waals surface area contributed by atoms with Crippen molar-refractivity contribution in [1.82, 2.24) is 15.6 Å². The number of hydrogen-bond donors (Lipinski definition) is 2. The van der Waals surface area contributed by atoms with Gasteiger partial charge in [-0.15, -0.1) is 47.1 Å². The number of hydrogen-bond acceptors (Lipinski definition) is 4. The summed E-state index contributed by atoms with van der Waals surface area (Å²) in [6, 6.07) is 10.5. The molecule has 0 saturated carbocycles. The fraction of sp³-hybridized carbons (Fsp3) is 0.444. The molecule has 138 valence electrons. The standard InChI is InChI=1S/C18H26N4S2.HI/c1-4-19-18(20-10-11-23-16-8-6-5-7-9-16)21-12-15-13-24-17(22-15)14(2)3;/h5-9,13-14H,4,10-12H2,1-3H3,(H2,19,20,21);1H. The molecule has 0 unspecified atom stereocenters. The Morgan fingerprint density at radius 2 is 2.00 bits per heavy atom. The zero-order valence-corrected chi connectivity index (χ0v) is 19.0. The number of halogens is 1. The SMILES string of the molecule is CCNC(=NCc1csc(C(C)C)n1)NCCSc1ccccc1.I. The van der Waals surface area contributed by atoms with Gasteiger partial charge in [0.15, 0.2) is 5.96 Å². The molecule has 2 N–H and O–H groups in total. The average molecular weight is 490 g/mol. The lowest BCUT2D eigenvalue weighted by Gasteiger charge is -2.10. The molecular weight excluding hydrogens is 463 g/mol. The van der Waals surface area contributed by atoms with E-state index in [1.165, 1.54) is 9.90 Å². The summed E-state index contributed by atoms with van der Waals surface area (Å²) in [5.74, 6) is 2.34. The van der Waals surface area contributed by atoms with Gasteiger partial charge in [-0.2, -0.15) is 0 Å². The molecule has 0 bridgehead atoms. The van der Waals surface area contributed by atoms with Crippen LogP contribution in [0.4, 0.5) is 0 Å². The monoisotopic (exact) mass is 490 g/mol. The molecule has 0 fully saturated rings. The molecular formula is C18H27IN4S2. The van der Waals surface area contributed by atoms with Crippen LogP contribution in [-0.2, 0) is 6.54 Å². The minimum absolute atomic E-state index is 0. The Morgan fingerprint density at radius 1 is 1.24 bits per heavy atom. The summed E-state index contributed by atoms with van der Waals surface area (Å²) in [5, 5.41) is 9.95. The van der Waals surface area contributed by atoms with E-state index in [1.54, 1.807) is 11.3 Å². The predicted molar refractivity (Wildman–Crippen MR) is 122 cm³/mol. The topological polar surface area (TPSA) is 49.3 Å². The highest BCUT2D eigenvalue weighted by Crippen LogP contribution is 2.19. The lowest BCUT2D eigenvalue weighted by atomic mass is 10.2. The number of nitrogens with zero attached hydrogens (tertiary/aromatic N) is 2. The molecule has 2 aromatic rings. The Kier molecular flexibility index (Phi) is 11.2. The van der Waals surface area contributed by atoms with Crippen molar-refractivity contribution in [3.05, 3.63) is 46.4 Å². The predicted octanol–water partition coefficient (Wildman–Crippen LogP) is 4.73. The minimum atomic E-state index is 0. The van der Waals surface area contributed by atoms with Crippen LogP contribution in [0.2, 0.25) is 0 Å². The van der Waals surface area contributed by atoms with Crippen LogP contribution in [0.25, 0.3) is 0 Å². The number of guanidine groups is 1. The van der Waals surface area contributed by atoms with Crippen molar-refractivity contribution >= 4 is 53.0 Å². The van der Waals surface area contributed by atoms with Crippen LogP contribution in [0.3, 0.4) is 0 Å². The Balaban J connectivity index is 0.00000312. The fourth-order valence-corrected chi connectivity index (χ4v) is 3.63. The van der Waals surface area contributed by atoms with E-state index in [9.17, 15) is 0 Å². The number of nitrogens with one attached hydrogen (secondary N) is 2. The number of aliphatic imine (C=N–C) groups is 1. The van der Waals surface area contributed by atoms with E-state index in [0.29, 0.717) is 12.5 Å². The summed E-state index contributed by atoms with van der Waals surface area (Å²) >= 11 is 3.56. The maximum Gasteiger partial charge on any atom is 0.191 e. The highest BCUT2D eigenvalue weighted by atomic mass is 127. The second-order valence-electron chi connectivity index (χ2n) is 5.62. The maximum atomic E-state index is 4.63. The Hall–Kier alpha value is -0.800. The van der Waals surface area contributed by atoms with Gasteiger partial charge in [-0.05, 0) is 19.1 Å². The molecule has 0 spiro atoms. The first-order valence-electron chi connectivity index (χ1n) is 8.33. The summed E-state index contributed by atoms with van der Waals surface area (Å²) in [7, 11) is 0. The van der Waals surface area contributed by atoms with Crippen LogP contribution in [0.5, 0.6) is 0 Å². The van der Waals surface area contributed by atoms with Crippen molar-refractivity contribution in [3.8, 4) is 0 Å². The molecule has 0 radical (unpaired) electrons. The molecule has 1 heterocycles. The smallest absolute Gasteiger partial charge is 0.191 e. The van der Waals surface area contributed by atoms with Gasteiger partial charge in [-0.3, -0.25) is 0 Å². The molecule has 0 atom stereocenters. The molecule has 2 rings (SSSR count). The number of rotatable bonds is 8. The van der Waals surface area contributed by atoms with Crippen LogP contribution in [0.1, 0.15) is 37.4 Å². The van der Waals surface area contributed by atoms with E-state index < -0.39 is 0 Å². The lowest BCUT2D eigenvalue weighted by Crippen LogP contribution is -2.38. The lowest BCUT2D eigenvalue weighted by molar-refractivity contribution is 0.821. The van der Waals surface area contributed by atoms with Gasteiger partial charge < -0.3 is 10.6 Å². The maximum absolute atomic E-state index is 4.63. The quantitative estimate of drug-likeness (QED) is 0.185. The molecule has 0 amide bonds. The highest BCUT2D eigenvalue weighted by molar-refractivity contribution is 14.0. The average Bonchev–Trinajstić information content (AvgIpc) is 3.06. The molecule has 0 aliphatic heterocycles. The number of aromatic nitrogens is 1. The summed E-state index contributed by atoms with van der Waals surface area (Å²) in [4.78, 5) is 10.6. The fourth-order valence-electron chi connectivity index (χ4n) is 2.02. The molecule has 4 nitrogen and oxygen atoms in total. The second-order valence-corrected chi connectivity index (χ2v) is 7.67. The van der Waals surface area contributed by atoms with E-state index in [1.807, 2.05) is 17.8 Å². The van der Waals surface area contributed by atoms with Crippen molar-refractivity contribution < 1.29 is 0 Å². The first-order valence-corrected chi connectivity index (χ1v) is 10.2. The van der Waals surface area contributed by atoms with E-state index >= 15 is 0 Å². The van der Waals surface area contributed by atoms with Crippen LogP contribution >= 0.6 is 47.1 Å². The van der Waals surface area contributed by atoms with Gasteiger partial charge in [-0.25, -0.2) is 9.98 Å². The third kappa shape index (κ3) is 8.42. The molecule has 0 aliphatic carbocycles. The zero-order valence-electron chi connectivity index (χ0n) is 15.0. The molecule has 25 heavy (non-hydrogen) atoms. The summed E-state index contributed by atoms with van der Waals surface area (Å²) in [6.45, 7) is 8.76. The molecule has 0 aliphatic rings. The van der Waals surface area contributed by atoms with Crippen molar-refractivity contribution in [2.75, 3.05) is 18.8 Å². The molecule has 1 aromatic heterocycles. The third-order valence-electron chi connectivity index (χ3n) is 3.21. The van der Waals surface area contributed by atoms with Gasteiger partial charge in [-0.1, -0.05) is 32.0 Å². The first kappa shape index (κ1) is 22.2. The summed E-state index contributed by atoms with van der Waals surface area (Å²) < 4.78 is 0. The summed E-state index contributed by atoms with van der Waals surface area (Å²) in [6.07, 6.45) is 0. The third-order valence-corrected chi connectivity index (χ3v) is 5.42. The molecule has 7 heteroatoms. The van der Waals surface area contributed by atoms with Gasteiger partial charge in [0.25, 0.3) is 0 Å². The minimum Gasteiger partial charge on any atom is -0.357 e. The molecule has 1 aromatic carbocycles. The van der Waals surface area contributed by atoms with Gasteiger partial charge in [0.2, 0.25) is 0 Å². The van der Waals surface area contributed by atoms with Crippen molar-refractivity contribution in [3.63, 3.8) is 0 Å². The van der Waals surface area contributed by atoms with E-state index in [0.717, 1.165) is 30.5 Å². The van der Waals surface area contributed by atoms with Crippen molar-refractivity contribution in [1.29, 1.82) is 0 Å². The summed E-state index contributed by atoms with van der Waals surface area (Å²) in [5.41, 5.74) is 1.04. The first-order chi connectivity index (χ1) is 11.7.